The van der Waals surface area contributed by atoms with Gasteiger partial charge in [0.05, 0.1) is 6.54 Å². The van der Waals surface area contributed by atoms with Gasteiger partial charge in [-0.2, -0.15) is 0 Å². The molecule has 230 valence electrons. The SMILES string of the molecule is CCCCNC(=O)C1CCC2(C)C(=CCC3C2CCC2(C)C(C(C)CCCC(C)C)CCC32)C1.NC(=O)CNS. The lowest BCUT2D eigenvalue weighted by atomic mass is 9.46. The van der Waals surface area contributed by atoms with Crippen LogP contribution in [0, 0.1) is 52.3 Å². The first-order chi connectivity index (χ1) is 19.0. The number of unbranched alkanes of at least 4 members (excludes halogenated alkanes) is 1. The molecule has 0 heterocycles. The molecule has 40 heavy (non-hydrogen) atoms. The summed E-state index contributed by atoms with van der Waals surface area (Å²) in [6.07, 6.45) is 19.6. The van der Waals surface area contributed by atoms with Gasteiger partial charge in [-0.3, -0.25) is 14.3 Å². The Morgan fingerprint density at radius 2 is 1.80 bits per heavy atom. The predicted molar refractivity (Wildman–Crippen MR) is 171 cm³/mol. The zero-order valence-corrected chi connectivity index (χ0v) is 27.5. The van der Waals surface area contributed by atoms with E-state index in [-0.39, 0.29) is 12.5 Å². The maximum atomic E-state index is 12.8. The topological polar surface area (TPSA) is 84.2 Å². The molecule has 0 saturated heterocycles. The van der Waals surface area contributed by atoms with Crippen LogP contribution in [-0.2, 0) is 9.59 Å². The number of rotatable bonds is 11. The Bertz CT molecular complexity index is 875. The van der Waals surface area contributed by atoms with Gasteiger partial charge in [0.1, 0.15) is 0 Å². The van der Waals surface area contributed by atoms with E-state index in [0.717, 1.165) is 67.7 Å². The molecule has 5 nitrogen and oxygen atoms in total. The molecule has 0 aromatic heterocycles. The zero-order valence-electron chi connectivity index (χ0n) is 26.6. The molecule has 4 aliphatic rings. The number of nitrogens with two attached hydrogens (primary N) is 1. The summed E-state index contributed by atoms with van der Waals surface area (Å²) in [7, 11) is 0. The monoisotopic (exact) mass is 575 g/mol. The number of hydrogen-bond acceptors (Lipinski definition) is 4. The van der Waals surface area contributed by atoms with Crippen LogP contribution in [0.15, 0.2) is 11.6 Å². The third-order valence-corrected chi connectivity index (χ3v) is 11.9. The molecular formula is C34H61N3O2S. The zero-order chi connectivity index (χ0) is 29.5. The van der Waals surface area contributed by atoms with E-state index in [4.69, 9.17) is 0 Å². The minimum absolute atomic E-state index is 0.128. The first kappa shape index (κ1) is 33.5. The molecule has 3 fully saturated rings. The number of thiol groups is 1. The summed E-state index contributed by atoms with van der Waals surface area (Å²) in [5, 5.41) is 3.22. The maximum Gasteiger partial charge on any atom is 0.232 e. The molecule has 0 spiro atoms. The van der Waals surface area contributed by atoms with Crippen molar-refractivity contribution in [1.29, 1.82) is 0 Å². The smallest absolute Gasteiger partial charge is 0.232 e. The van der Waals surface area contributed by atoms with E-state index in [1.807, 2.05) is 0 Å². The van der Waals surface area contributed by atoms with Gasteiger partial charge in [-0.1, -0.05) is 91.7 Å². The summed E-state index contributed by atoms with van der Waals surface area (Å²) >= 11 is 3.51. The van der Waals surface area contributed by atoms with Crippen molar-refractivity contribution in [3.8, 4) is 0 Å². The molecule has 0 bridgehead atoms. The van der Waals surface area contributed by atoms with Crippen molar-refractivity contribution in [3.63, 3.8) is 0 Å². The number of nitrogens with one attached hydrogen (secondary N) is 2. The van der Waals surface area contributed by atoms with Crippen LogP contribution in [0.4, 0.5) is 0 Å². The van der Waals surface area contributed by atoms with Crippen molar-refractivity contribution in [2.24, 2.45) is 58.0 Å². The van der Waals surface area contributed by atoms with Crippen LogP contribution < -0.4 is 15.8 Å². The van der Waals surface area contributed by atoms with E-state index in [2.05, 4.69) is 76.2 Å². The van der Waals surface area contributed by atoms with Gasteiger partial charge in [-0.05, 0) is 104 Å². The second-order valence-corrected chi connectivity index (χ2v) is 15.0. The van der Waals surface area contributed by atoms with Gasteiger partial charge in [0.25, 0.3) is 0 Å². The van der Waals surface area contributed by atoms with Gasteiger partial charge in [0.2, 0.25) is 11.8 Å². The fourth-order valence-corrected chi connectivity index (χ4v) is 9.68. The summed E-state index contributed by atoms with van der Waals surface area (Å²) in [6.45, 7) is 15.8. The van der Waals surface area contributed by atoms with E-state index in [9.17, 15) is 9.59 Å². The normalized spacial score (nSPS) is 35.4. The molecule has 8 atom stereocenters. The summed E-state index contributed by atoms with van der Waals surface area (Å²) in [6, 6.07) is 0. The number of carbonyl (C=O) groups is 2. The average Bonchev–Trinajstić information content (AvgIpc) is 3.25. The van der Waals surface area contributed by atoms with Crippen molar-refractivity contribution >= 4 is 24.6 Å². The Labute approximate surface area is 251 Å². The molecule has 8 unspecified atom stereocenters. The van der Waals surface area contributed by atoms with Crippen molar-refractivity contribution in [1.82, 2.24) is 10.0 Å². The number of carbonyl (C=O) groups excluding carboxylic acids is 2. The molecule has 6 heteroatoms. The number of amides is 2. The number of fused-ring (bicyclic) bond motifs is 5. The Morgan fingerprint density at radius 1 is 1.05 bits per heavy atom. The average molecular weight is 576 g/mol. The van der Waals surface area contributed by atoms with Gasteiger partial charge in [-0.15, -0.1) is 0 Å². The first-order valence-electron chi connectivity index (χ1n) is 16.6. The molecule has 2 amide bonds. The van der Waals surface area contributed by atoms with E-state index in [0.29, 0.717) is 16.7 Å². The van der Waals surface area contributed by atoms with Crippen molar-refractivity contribution in [2.45, 2.75) is 125 Å². The second-order valence-electron chi connectivity index (χ2n) is 14.7. The maximum absolute atomic E-state index is 12.8. The van der Waals surface area contributed by atoms with Gasteiger partial charge in [0.15, 0.2) is 0 Å². The molecule has 4 rings (SSSR count). The fourth-order valence-electron chi connectivity index (χ4n) is 9.52. The summed E-state index contributed by atoms with van der Waals surface area (Å²) < 4.78 is 2.29. The molecular weight excluding hydrogens is 514 g/mol. The highest BCUT2D eigenvalue weighted by Gasteiger charge is 2.59. The Balaban J connectivity index is 0.000000663. The van der Waals surface area contributed by atoms with E-state index < -0.39 is 5.91 Å². The molecule has 0 aromatic rings. The summed E-state index contributed by atoms with van der Waals surface area (Å²) in [4.78, 5) is 22.5. The Morgan fingerprint density at radius 3 is 2.42 bits per heavy atom. The van der Waals surface area contributed by atoms with E-state index in [1.54, 1.807) is 5.57 Å². The van der Waals surface area contributed by atoms with Crippen LogP contribution in [-0.4, -0.2) is 24.9 Å². The molecule has 0 aliphatic heterocycles. The predicted octanol–water partition coefficient (Wildman–Crippen LogP) is 7.47. The second kappa shape index (κ2) is 14.9. The molecule has 4 N–H and O–H groups in total. The highest BCUT2D eigenvalue weighted by Crippen LogP contribution is 2.67. The largest absolute Gasteiger partial charge is 0.369 e. The number of primary amides is 1. The lowest BCUT2D eigenvalue weighted by Crippen LogP contribution is -2.51. The highest BCUT2D eigenvalue weighted by atomic mass is 32.1. The summed E-state index contributed by atoms with van der Waals surface area (Å²) in [5.74, 6) is 5.46. The highest BCUT2D eigenvalue weighted by molar-refractivity contribution is 7.78. The standard InChI is InChI=1S/C32H55NO.C2H6N2OS/c1-7-8-20-33-30(34)24-16-18-31(5)25(21-24)12-13-26-28-15-14-27(23(4)11-9-10-22(2)3)32(28,6)19-17-29(26)31;3-2(5)1-4-6/h12,22-24,26-29H,7-11,13-21H2,1-6H3,(H,33,34);4,6H,1H2,(H2,3,5). The Hall–Kier alpha value is -1.01. The minimum atomic E-state index is -0.398. The van der Waals surface area contributed by atoms with Crippen molar-refractivity contribution in [3.05, 3.63) is 11.6 Å². The number of hydrogen-bond donors (Lipinski definition) is 4. The molecule has 0 aromatic carbocycles. The van der Waals surface area contributed by atoms with Gasteiger partial charge in [0, 0.05) is 12.5 Å². The van der Waals surface area contributed by atoms with Gasteiger partial charge < -0.3 is 11.1 Å². The molecule has 4 aliphatic carbocycles. The van der Waals surface area contributed by atoms with E-state index in [1.165, 1.54) is 57.8 Å². The molecule has 0 radical (unpaired) electrons. The van der Waals surface area contributed by atoms with Crippen molar-refractivity contribution < 1.29 is 9.59 Å². The van der Waals surface area contributed by atoms with Gasteiger partial charge in [-0.25, -0.2) is 0 Å². The van der Waals surface area contributed by atoms with Crippen molar-refractivity contribution in [2.75, 3.05) is 13.1 Å². The van der Waals surface area contributed by atoms with Crippen LogP contribution in [0.25, 0.3) is 0 Å². The third-order valence-electron chi connectivity index (χ3n) is 11.8. The lowest BCUT2D eigenvalue weighted by molar-refractivity contribution is -0.126. The van der Waals surface area contributed by atoms with Crippen LogP contribution in [0.1, 0.15) is 125 Å². The lowest BCUT2D eigenvalue weighted by Gasteiger charge is -2.58. The first-order valence-corrected chi connectivity index (χ1v) is 17.0. The van der Waals surface area contributed by atoms with E-state index >= 15 is 0 Å². The number of allylic oxidation sites excluding steroid dienone is 2. The van der Waals surface area contributed by atoms with Gasteiger partial charge >= 0.3 is 0 Å². The van der Waals surface area contributed by atoms with Crippen LogP contribution in [0.3, 0.4) is 0 Å². The third kappa shape index (κ3) is 7.68. The van der Waals surface area contributed by atoms with Crippen LogP contribution in [0.5, 0.6) is 0 Å². The quantitative estimate of drug-likeness (QED) is 0.117. The minimum Gasteiger partial charge on any atom is -0.369 e. The van der Waals surface area contributed by atoms with Crippen LogP contribution in [0.2, 0.25) is 0 Å². The van der Waals surface area contributed by atoms with Crippen LogP contribution >= 0.6 is 12.8 Å². The molecule has 3 saturated carbocycles. The fraction of sp³-hybridized carbons (Fsp3) is 0.882. The summed E-state index contributed by atoms with van der Waals surface area (Å²) in [5.41, 5.74) is 7.22. The Kier molecular flexibility index (Phi) is 12.5.